The number of hydrogen-bond acceptors (Lipinski definition) is 3. The second-order valence-electron chi connectivity index (χ2n) is 4.81. The molecule has 0 radical (unpaired) electrons. The smallest absolute Gasteiger partial charge is 0.281 e. The Bertz CT molecular complexity index is 330. The minimum Gasteiger partial charge on any atom is -0.313 e. The van der Waals surface area contributed by atoms with Crippen molar-refractivity contribution in [3.63, 3.8) is 0 Å². The third-order valence-corrected chi connectivity index (χ3v) is 5.33. The molecule has 1 saturated heterocycles. The topological polar surface area (TPSA) is 52.7 Å². The molecule has 1 aliphatic rings. The van der Waals surface area contributed by atoms with Gasteiger partial charge in [0.05, 0.1) is 0 Å². The predicted molar refractivity (Wildman–Crippen MR) is 70.1 cm³/mol. The third-order valence-electron chi connectivity index (χ3n) is 3.36. The fourth-order valence-corrected chi connectivity index (χ4v) is 3.79. The number of rotatable bonds is 5. The van der Waals surface area contributed by atoms with E-state index in [2.05, 4.69) is 12.2 Å². The van der Waals surface area contributed by atoms with Gasteiger partial charge in [0.25, 0.3) is 10.2 Å². The highest BCUT2D eigenvalue weighted by atomic mass is 32.2. The summed E-state index contributed by atoms with van der Waals surface area (Å²) in [6, 6.07) is 0.283. The van der Waals surface area contributed by atoms with Crippen LogP contribution in [-0.2, 0) is 10.2 Å². The Morgan fingerprint density at radius 3 is 2.59 bits per heavy atom. The number of hydrogen-bond donors (Lipinski definition) is 1. The van der Waals surface area contributed by atoms with Crippen molar-refractivity contribution in [2.24, 2.45) is 0 Å². The Kier molecular flexibility index (Phi) is 5.37. The first kappa shape index (κ1) is 14.9. The summed E-state index contributed by atoms with van der Waals surface area (Å²) in [5.41, 5.74) is 0. The molecule has 0 bridgehead atoms. The number of nitrogens with zero attached hydrogens (tertiary/aromatic N) is 2. The van der Waals surface area contributed by atoms with E-state index in [1.165, 1.54) is 4.31 Å². The van der Waals surface area contributed by atoms with E-state index in [-0.39, 0.29) is 12.1 Å². The summed E-state index contributed by atoms with van der Waals surface area (Å²) in [6.45, 7) is 5.62. The molecule has 102 valence electrons. The molecule has 1 aliphatic heterocycles. The lowest BCUT2D eigenvalue weighted by Gasteiger charge is -2.39. The maximum Gasteiger partial charge on any atom is 0.281 e. The van der Waals surface area contributed by atoms with E-state index in [1.807, 2.05) is 6.92 Å². The van der Waals surface area contributed by atoms with Gasteiger partial charge in [-0.25, -0.2) is 0 Å². The molecule has 17 heavy (non-hydrogen) atoms. The minimum absolute atomic E-state index is 0.0797. The second-order valence-corrected chi connectivity index (χ2v) is 6.91. The maximum atomic E-state index is 12.2. The molecule has 6 heteroatoms. The van der Waals surface area contributed by atoms with Gasteiger partial charge in [0.15, 0.2) is 0 Å². The van der Waals surface area contributed by atoms with Gasteiger partial charge in [0, 0.05) is 32.7 Å². The summed E-state index contributed by atoms with van der Waals surface area (Å²) < 4.78 is 27.4. The predicted octanol–water partition coefficient (Wildman–Crippen LogP) is 0.645. The second kappa shape index (κ2) is 6.13. The van der Waals surface area contributed by atoms with E-state index in [0.29, 0.717) is 6.54 Å². The van der Waals surface area contributed by atoms with Crippen molar-refractivity contribution in [3.05, 3.63) is 0 Å². The highest BCUT2D eigenvalue weighted by molar-refractivity contribution is 7.86. The quantitative estimate of drug-likeness (QED) is 0.792. The van der Waals surface area contributed by atoms with Gasteiger partial charge in [0.2, 0.25) is 0 Å². The van der Waals surface area contributed by atoms with Gasteiger partial charge in [0.1, 0.15) is 0 Å². The van der Waals surface area contributed by atoms with Crippen molar-refractivity contribution in [1.82, 2.24) is 13.9 Å². The van der Waals surface area contributed by atoms with Gasteiger partial charge >= 0.3 is 0 Å². The Labute approximate surface area is 105 Å². The number of piperidine rings is 1. The molecule has 1 fully saturated rings. The van der Waals surface area contributed by atoms with Gasteiger partial charge in [-0.3, -0.25) is 0 Å². The lowest BCUT2D eigenvalue weighted by molar-refractivity contribution is 0.201. The van der Waals surface area contributed by atoms with Gasteiger partial charge in [-0.1, -0.05) is 13.3 Å². The molecular formula is C11H25N3O2S. The molecule has 2 unspecified atom stereocenters. The number of likely N-dealkylation sites (N-methyl/N-ethyl adjacent to an activating group) is 1. The molecule has 1 heterocycles. The zero-order valence-electron chi connectivity index (χ0n) is 11.3. The Morgan fingerprint density at radius 2 is 2.06 bits per heavy atom. The maximum absolute atomic E-state index is 12.2. The van der Waals surface area contributed by atoms with Crippen molar-refractivity contribution in [2.45, 2.75) is 45.2 Å². The minimum atomic E-state index is -3.29. The average molecular weight is 263 g/mol. The van der Waals surface area contributed by atoms with Crippen LogP contribution in [0.4, 0.5) is 0 Å². The Morgan fingerprint density at radius 1 is 1.41 bits per heavy atom. The van der Waals surface area contributed by atoms with Crippen LogP contribution in [0, 0.1) is 0 Å². The van der Waals surface area contributed by atoms with Crippen molar-refractivity contribution in [1.29, 1.82) is 0 Å². The molecule has 0 amide bonds. The molecule has 0 aromatic carbocycles. The van der Waals surface area contributed by atoms with Crippen LogP contribution in [-0.4, -0.2) is 56.3 Å². The summed E-state index contributed by atoms with van der Waals surface area (Å²) >= 11 is 0. The van der Waals surface area contributed by atoms with E-state index in [9.17, 15) is 8.42 Å². The van der Waals surface area contributed by atoms with Crippen LogP contribution in [0.1, 0.15) is 33.1 Å². The molecule has 0 saturated carbocycles. The average Bonchev–Trinajstić information content (AvgIpc) is 2.29. The Balaban J connectivity index is 2.86. The molecule has 0 aromatic rings. The van der Waals surface area contributed by atoms with E-state index in [4.69, 9.17) is 0 Å². The summed E-state index contributed by atoms with van der Waals surface area (Å²) in [5, 5.41) is 3.33. The van der Waals surface area contributed by atoms with E-state index in [0.717, 1.165) is 25.8 Å². The summed E-state index contributed by atoms with van der Waals surface area (Å²) in [5.74, 6) is 0. The standard InChI is InChI=1S/C11H25N3O2S/c1-5-12-10(2)11-8-6-7-9-14(11)17(15,16)13(3)4/h10-12H,5-9H2,1-4H3. The van der Waals surface area contributed by atoms with Gasteiger partial charge in [-0.2, -0.15) is 17.0 Å². The van der Waals surface area contributed by atoms with Crippen LogP contribution in [0.5, 0.6) is 0 Å². The zero-order valence-corrected chi connectivity index (χ0v) is 12.1. The van der Waals surface area contributed by atoms with Crippen molar-refractivity contribution in [2.75, 3.05) is 27.2 Å². The first-order valence-electron chi connectivity index (χ1n) is 6.34. The fraction of sp³-hybridized carbons (Fsp3) is 1.00. The third kappa shape index (κ3) is 3.40. The fourth-order valence-electron chi connectivity index (χ4n) is 2.38. The molecule has 0 aromatic heterocycles. The van der Waals surface area contributed by atoms with Crippen molar-refractivity contribution < 1.29 is 8.42 Å². The van der Waals surface area contributed by atoms with Crippen LogP contribution in [0.25, 0.3) is 0 Å². The van der Waals surface area contributed by atoms with Crippen LogP contribution in [0.2, 0.25) is 0 Å². The lowest BCUT2D eigenvalue weighted by atomic mass is 9.99. The van der Waals surface area contributed by atoms with Crippen LogP contribution in [0.15, 0.2) is 0 Å². The molecular weight excluding hydrogens is 238 g/mol. The van der Waals surface area contributed by atoms with Crippen LogP contribution >= 0.6 is 0 Å². The van der Waals surface area contributed by atoms with Crippen molar-refractivity contribution >= 4 is 10.2 Å². The monoisotopic (exact) mass is 263 g/mol. The van der Waals surface area contributed by atoms with Gasteiger partial charge < -0.3 is 5.32 Å². The van der Waals surface area contributed by atoms with Crippen LogP contribution < -0.4 is 5.32 Å². The molecule has 2 atom stereocenters. The van der Waals surface area contributed by atoms with E-state index < -0.39 is 10.2 Å². The highest BCUT2D eigenvalue weighted by Crippen LogP contribution is 2.23. The molecule has 0 aliphatic carbocycles. The Hall–Kier alpha value is -0.170. The van der Waals surface area contributed by atoms with Gasteiger partial charge in [-0.05, 0) is 26.3 Å². The summed E-state index contributed by atoms with van der Waals surface area (Å²) in [7, 11) is -0.0935. The van der Waals surface area contributed by atoms with Crippen LogP contribution in [0.3, 0.4) is 0 Å². The first-order chi connectivity index (χ1) is 7.91. The SMILES string of the molecule is CCNC(C)C1CCCCN1S(=O)(=O)N(C)C. The molecule has 5 nitrogen and oxygen atoms in total. The van der Waals surface area contributed by atoms with E-state index >= 15 is 0 Å². The highest BCUT2D eigenvalue weighted by Gasteiger charge is 2.36. The molecule has 1 rings (SSSR count). The zero-order chi connectivity index (χ0) is 13.1. The first-order valence-corrected chi connectivity index (χ1v) is 7.73. The molecule has 1 N–H and O–H groups in total. The lowest BCUT2D eigenvalue weighted by Crippen LogP contribution is -2.55. The molecule has 0 spiro atoms. The normalized spacial score (nSPS) is 25.1. The largest absolute Gasteiger partial charge is 0.313 e. The summed E-state index contributed by atoms with van der Waals surface area (Å²) in [6.07, 6.45) is 3.02. The van der Waals surface area contributed by atoms with Gasteiger partial charge in [-0.15, -0.1) is 0 Å². The van der Waals surface area contributed by atoms with Crippen molar-refractivity contribution in [3.8, 4) is 0 Å². The van der Waals surface area contributed by atoms with E-state index in [1.54, 1.807) is 18.4 Å². The number of nitrogens with one attached hydrogen (secondary N) is 1. The summed E-state index contributed by atoms with van der Waals surface area (Å²) in [4.78, 5) is 0.